The van der Waals surface area contributed by atoms with Gasteiger partial charge < -0.3 is 0 Å². The standard InChI is InChI=1S/C20H17N3O2S/c21-12-14-10-13-6-4-5-9-16(13)22-19(14)26-17-11-18(24)23(20(17)25)15-7-2-1-3-8-15/h1-3,7-8,10,17H,4-6,9,11H2/t17-/m0/s1. The number of rotatable bonds is 3. The van der Waals surface area contributed by atoms with Crippen molar-refractivity contribution in [3.63, 3.8) is 0 Å². The topological polar surface area (TPSA) is 74.1 Å². The van der Waals surface area contributed by atoms with Gasteiger partial charge in [0.15, 0.2) is 0 Å². The number of carbonyl (C=O) groups excluding carboxylic acids is 2. The van der Waals surface area contributed by atoms with Gasteiger partial charge in [-0.25, -0.2) is 9.88 Å². The first-order chi connectivity index (χ1) is 12.7. The van der Waals surface area contributed by atoms with Crippen LogP contribution in [0.15, 0.2) is 41.4 Å². The fourth-order valence-corrected chi connectivity index (χ4v) is 4.56. The maximum absolute atomic E-state index is 12.8. The summed E-state index contributed by atoms with van der Waals surface area (Å²) in [6, 6.07) is 13.0. The zero-order valence-electron chi connectivity index (χ0n) is 14.1. The van der Waals surface area contributed by atoms with Crippen LogP contribution in [0.2, 0.25) is 0 Å². The van der Waals surface area contributed by atoms with Gasteiger partial charge in [0.2, 0.25) is 11.8 Å². The third-order valence-corrected chi connectivity index (χ3v) is 5.95. The molecule has 1 aromatic heterocycles. The summed E-state index contributed by atoms with van der Waals surface area (Å²) in [5, 5.41) is 9.50. The van der Waals surface area contributed by atoms with E-state index in [1.807, 2.05) is 12.1 Å². The first-order valence-corrected chi connectivity index (χ1v) is 9.56. The van der Waals surface area contributed by atoms with E-state index in [9.17, 15) is 14.9 Å². The largest absolute Gasteiger partial charge is 0.274 e. The minimum absolute atomic E-state index is 0.127. The summed E-state index contributed by atoms with van der Waals surface area (Å²) >= 11 is 1.24. The molecule has 0 bridgehead atoms. The second-order valence-electron chi connectivity index (χ2n) is 6.48. The second-order valence-corrected chi connectivity index (χ2v) is 7.67. The van der Waals surface area contributed by atoms with Crippen LogP contribution in [0, 0.1) is 11.3 Å². The Bertz CT molecular complexity index is 921. The van der Waals surface area contributed by atoms with Crippen molar-refractivity contribution in [2.75, 3.05) is 4.90 Å². The molecule has 1 saturated heterocycles. The van der Waals surface area contributed by atoms with Crippen LogP contribution in [0.5, 0.6) is 0 Å². The molecule has 2 aromatic rings. The number of nitrogens with zero attached hydrogens (tertiary/aromatic N) is 3. The average molecular weight is 363 g/mol. The SMILES string of the molecule is N#Cc1cc2c(nc1S[C@H]1CC(=O)N(c3ccccc3)C1=O)CCCC2. The number of aromatic nitrogens is 1. The Hall–Kier alpha value is -2.65. The number of para-hydroxylation sites is 1. The van der Waals surface area contributed by atoms with Crippen LogP contribution in [0.1, 0.15) is 36.1 Å². The monoisotopic (exact) mass is 363 g/mol. The zero-order chi connectivity index (χ0) is 18.1. The van der Waals surface area contributed by atoms with Crippen LogP contribution in [0.3, 0.4) is 0 Å². The maximum Gasteiger partial charge on any atom is 0.247 e. The lowest BCUT2D eigenvalue weighted by Crippen LogP contribution is -2.31. The molecule has 0 radical (unpaired) electrons. The molecule has 0 unspecified atom stereocenters. The quantitative estimate of drug-likeness (QED) is 0.783. The first-order valence-electron chi connectivity index (χ1n) is 8.69. The van der Waals surface area contributed by atoms with Crippen molar-refractivity contribution < 1.29 is 9.59 Å². The lowest BCUT2D eigenvalue weighted by molar-refractivity contribution is -0.121. The van der Waals surface area contributed by atoms with Gasteiger partial charge in [-0.05, 0) is 49.4 Å². The van der Waals surface area contributed by atoms with Crippen LogP contribution in [-0.4, -0.2) is 22.0 Å². The Morgan fingerprint density at radius 3 is 2.69 bits per heavy atom. The summed E-state index contributed by atoms with van der Waals surface area (Å²) in [7, 11) is 0. The second kappa shape index (κ2) is 6.93. The molecule has 1 aliphatic heterocycles. The van der Waals surface area contributed by atoms with Crippen molar-refractivity contribution in [3.05, 3.63) is 53.2 Å². The molecular formula is C20H17N3O2S. The van der Waals surface area contributed by atoms with Gasteiger partial charge in [-0.2, -0.15) is 5.26 Å². The van der Waals surface area contributed by atoms with E-state index in [0.29, 0.717) is 16.3 Å². The molecule has 1 atom stereocenters. The number of fused-ring (bicyclic) bond motifs is 1. The Balaban J connectivity index is 1.61. The van der Waals surface area contributed by atoms with E-state index >= 15 is 0 Å². The van der Waals surface area contributed by atoms with Gasteiger partial charge in [0.1, 0.15) is 11.1 Å². The van der Waals surface area contributed by atoms with E-state index in [1.165, 1.54) is 16.7 Å². The fourth-order valence-electron chi connectivity index (χ4n) is 3.46. The highest BCUT2D eigenvalue weighted by atomic mass is 32.2. The van der Waals surface area contributed by atoms with E-state index in [2.05, 4.69) is 11.1 Å². The molecule has 5 nitrogen and oxygen atoms in total. The van der Waals surface area contributed by atoms with Crippen LogP contribution in [0.25, 0.3) is 0 Å². The smallest absolute Gasteiger partial charge is 0.247 e. The predicted octanol–water partition coefficient (Wildman–Crippen LogP) is 3.26. The van der Waals surface area contributed by atoms with Gasteiger partial charge in [-0.15, -0.1) is 0 Å². The summed E-state index contributed by atoms with van der Waals surface area (Å²) in [6.07, 6.45) is 4.20. The predicted molar refractivity (Wildman–Crippen MR) is 98.8 cm³/mol. The number of amides is 2. The lowest BCUT2D eigenvalue weighted by Gasteiger charge is -2.18. The number of aryl methyl sites for hydroxylation is 2. The molecule has 2 heterocycles. The van der Waals surface area contributed by atoms with Crippen LogP contribution < -0.4 is 4.90 Å². The molecule has 130 valence electrons. The van der Waals surface area contributed by atoms with Crippen molar-refractivity contribution in [1.82, 2.24) is 4.98 Å². The highest BCUT2D eigenvalue weighted by Crippen LogP contribution is 2.35. The number of anilines is 1. The third-order valence-electron chi connectivity index (χ3n) is 4.76. The minimum atomic E-state index is -0.538. The molecular weight excluding hydrogens is 346 g/mol. The number of carbonyl (C=O) groups is 2. The molecule has 1 aliphatic carbocycles. The van der Waals surface area contributed by atoms with E-state index in [4.69, 9.17) is 0 Å². The van der Waals surface area contributed by atoms with Gasteiger partial charge in [0, 0.05) is 12.1 Å². The molecule has 6 heteroatoms. The number of pyridine rings is 1. The lowest BCUT2D eigenvalue weighted by atomic mass is 9.95. The third kappa shape index (κ3) is 2.99. The van der Waals surface area contributed by atoms with Crippen molar-refractivity contribution in [1.29, 1.82) is 5.26 Å². The average Bonchev–Trinajstić information content (AvgIpc) is 2.95. The number of nitriles is 1. The van der Waals surface area contributed by atoms with Crippen molar-refractivity contribution in [2.45, 2.75) is 42.4 Å². The molecule has 1 fully saturated rings. The molecule has 2 aliphatic rings. The molecule has 2 amide bonds. The molecule has 1 aromatic carbocycles. The van der Waals surface area contributed by atoms with Gasteiger partial charge in [0.25, 0.3) is 0 Å². The van der Waals surface area contributed by atoms with Crippen LogP contribution >= 0.6 is 11.8 Å². The maximum atomic E-state index is 12.8. The van der Waals surface area contributed by atoms with E-state index in [1.54, 1.807) is 24.3 Å². The van der Waals surface area contributed by atoms with Crippen molar-refractivity contribution in [2.24, 2.45) is 0 Å². The fraction of sp³-hybridized carbons (Fsp3) is 0.300. The summed E-state index contributed by atoms with van der Waals surface area (Å²) in [5.41, 5.74) is 3.24. The Labute approximate surface area is 156 Å². The normalized spacial score (nSPS) is 19.3. The van der Waals surface area contributed by atoms with Gasteiger partial charge in [0.05, 0.1) is 16.5 Å². The Morgan fingerprint density at radius 1 is 1.15 bits per heavy atom. The molecule has 26 heavy (non-hydrogen) atoms. The molecule has 0 saturated carbocycles. The first kappa shape index (κ1) is 16.8. The summed E-state index contributed by atoms with van der Waals surface area (Å²) in [5.74, 6) is -0.454. The minimum Gasteiger partial charge on any atom is -0.274 e. The number of imide groups is 1. The number of hydrogen-bond acceptors (Lipinski definition) is 5. The summed E-state index contributed by atoms with van der Waals surface area (Å²) < 4.78 is 0. The molecule has 4 rings (SSSR count). The van der Waals surface area contributed by atoms with E-state index in [-0.39, 0.29) is 18.2 Å². The molecule has 0 N–H and O–H groups in total. The van der Waals surface area contributed by atoms with Gasteiger partial charge in [-0.3, -0.25) is 9.59 Å². The highest BCUT2D eigenvalue weighted by Gasteiger charge is 2.40. The number of thioether (sulfide) groups is 1. The van der Waals surface area contributed by atoms with Gasteiger partial charge in [-0.1, -0.05) is 30.0 Å². The van der Waals surface area contributed by atoms with Crippen molar-refractivity contribution >= 4 is 29.3 Å². The van der Waals surface area contributed by atoms with Crippen molar-refractivity contribution in [3.8, 4) is 6.07 Å². The Morgan fingerprint density at radius 2 is 1.92 bits per heavy atom. The van der Waals surface area contributed by atoms with Crippen LogP contribution in [0.4, 0.5) is 5.69 Å². The van der Waals surface area contributed by atoms with Gasteiger partial charge >= 0.3 is 0 Å². The molecule has 0 spiro atoms. The summed E-state index contributed by atoms with van der Waals surface area (Å²) in [6.45, 7) is 0. The Kier molecular flexibility index (Phi) is 4.48. The number of hydrogen-bond donors (Lipinski definition) is 0. The van der Waals surface area contributed by atoms with E-state index in [0.717, 1.165) is 36.9 Å². The summed E-state index contributed by atoms with van der Waals surface area (Å²) in [4.78, 5) is 31.1. The highest BCUT2D eigenvalue weighted by molar-refractivity contribution is 8.00. The van der Waals surface area contributed by atoms with Crippen LogP contribution in [-0.2, 0) is 22.4 Å². The zero-order valence-corrected chi connectivity index (χ0v) is 15.0. The van der Waals surface area contributed by atoms with E-state index < -0.39 is 5.25 Å². The number of benzene rings is 1.